The van der Waals surface area contributed by atoms with Crippen molar-refractivity contribution >= 4 is 0 Å². The summed E-state index contributed by atoms with van der Waals surface area (Å²) < 4.78 is 4.15. The molecule has 3 rings (SSSR count). The maximum absolute atomic E-state index is 8.96. The fourth-order valence-corrected chi connectivity index (χ4v) is 2.53. The minimum Gasteiger partial charge on any atom is -0.233 e. The van der Waals surface area contributed by atoms with Crippen LogP contribution in [-0.2, 0) is 13.1 Å². The number of nitrogens with zero attached hydrogens (tertiary/aromatic N) is 4. The Morgan fingerprint density at radius 2 is 1.57 bits per heavy atom. The molecule has 4 heteroatoms. The Kier molecular flexibility index (Phi) is 4.18. The van der Waals surface area contributed by atoms with Crippen LogP contribution >= 0.6 is 0 Å². The Labute approximate surface area is 135 Å². The third kappa shape index (κ3) is 3.64. The van der Waals surface area contributed by atoms with Crippen LogP contribution in [0.3, 0.4) is 0 Å². The Morgan fingerprint density at radius 3 is 2.26 bits per heavy atom. The molecule has 0 bridgehead atoms. The van der Waals surface area contributed by atoms with E-state index in [1.807, 2.05) is 67.3 Å². The first-order valence-electron chi connectivity index (χ1n) is 7.30. The molecule has 0 aliphatic rings. The predicted octanol–water partition coefficient (Wildman–Crippen LogP) is 2.62. The maximum atomic E-state index is 8.96. The van der Waals surface area contributed by atoms with Gasteiger partial charge >= 0.3 is 0 Å². The molecule has 0 atom stereocenters. The van der Waals surface area contributed by atoms with E-state index in [1.54, 1.807) is 0 Å². The third-order valence-electron chi connectivity index (χ3n) is 3.59. The first-order valence-corrected chi connectivity index (χ1v) is 7.30. The van der Waals surface area contributed by atoms with Gasteiger partial charge in [-0.2, -0.15) is 10.5 Å². The zero-order valence-electron chi connectivity index (χ0n) is 12.6. The van der Waals surface area contributed by atoms with Gasteiger partial charge in [0.2, 0.25) is 6.33 Å². The predicted molar refractivity (Wildman–Crippen MR) is 85.1 cm³/mol. The molecule has 23 heavy (non-hydrogen) atoms. The number of aromatic nitrogens is 2. The molecule has 0 fully saturated rings. The second kappa shape index (κ2) is 6.60. The first-order chi connectivity index (χ1) is 11.3. The number of hydrogen-bond donors (Lipinski definition) is 0. The average Bonchev–Trinajstić information content (AvgIpc) is 3.02. The highest BCUT2D eigenvalue weighted by Gasteiger charge is 2.06. The van der Waals surface area contributed by atoms with Crippen molar-refractivity contribution in [3.63, 3.8) is 0 Å². The second-order valence-corrected chi connectivity index (χ2v) is 5.38. The first kappa shape index (κ1) is 14.6. The summed E-state index contributed by atoms with van der Waals surface area (Å²) in [7, 11) is 0. The summed E-state index contributed by atoms with van der Waals surface area (Å²) >= 11 is 0. The Hall–Kier alpha value is -3.37. The fourth-order valence-electron chi connectivity index (χ4n) is 2.53. The smallest absolute Gasteiger partial charge is 0.233 e. The van der Waals surface area contributed by atoms with Crippen LogP contribution in [0.15, 0.2) is 67.3 Å². The lowest BCUT2D eigenvalue weighted by Crippen LogP contribution is -2.31. The van der Waals surface area contributed by atoms with Gasteiger partial charge in [0.1, 0.15) is 25.5 Å². The van der Waals surface area contributed by atoms with Gasteiger partial charge in [0.15, 0.2) is 0 Å². The fraction of sp³-hybridized carbons (Fsp3) is 0.105. The Balaban J connectivity index is 1.73. The molecule has 110 valence electrons. The number of rotatable bonds is 4. The van der Waals surface area contributed by atoms with Crippen LogP contribution in [0, 0.1) is 22.7 Å². The Bertz CT molecular complexity index is 835. The van der Waals surface area contributed by atoms with Crippen LogP contribution in [0.5, 0.6) is 0 Å². The van der Waals surface area contributed by atoms with Gasteiger partial charge in [0.25, 0.3) is 0 Å². The van der Waals surface area contributed by atoms with E-state index in [1.165, 1.54) is 0 Å². The van der Waals surface area contributed by atoms with Gasteiger partial charge in [0.05, 0.1) is 23.3 Å². The van der Waals surface area contributed by atoms with Gasteiger partial charge in [0, 0.05) is 0 Å². The molecular weight excluding hydrogens is 284 g/mol. The summed E-state index contributed by atoms with van der Waals surface area (Å²) in [4.78, 5) is 0. The summed E-state index contributed by atoms with van der Waals surface area (Å²) in [6.07, 6.45) is 6.04. The summed E-state index contributed by atoms with van der Waals surface area (Å²) in [5, 5.41) is 17.9. The monoisotopic (exact) mass is 299 g/mol. The van der Waals surface area contributed by atoms with E-state index in [0.717, 1.165) is 24.2 Å². The molecule has 2 aromatic carbocycles. The third-order valence-corrected chi connectivity index (χ3v) is 3.59. The Morgan fingerprint density at radius 1 is 0.913 bits per heavy atom. The highest BCUT2D eigenvalue weighted by atomic mass is 15.1. The van der Waals surface area contributed by atoms with E-state index in [2.05, 4.69) is 21.3 Å². The molecular formula is C19H15N4+. The van der Waals surface area contributed by atoms with Gasteiger partial charge in [-0.05, 0) is 35.4 Å². The van der Waals surface area contributed by atoms with E-state index in [4.69, 9.17) is 10.5 Å². The molecule has 0 saturated heterocycles. The highest BCUT2D eigenvalue weighted by molar-refractivity contribution is 5.33. The minimum atomic E-state index is 0.677. The van der Waals surface area contributed by atoms with Gasteiger partial charge < -0.3 is 0 Å². The van der Waals surface area contributed by atoms with Gasteiger partial charge in [-0.15, -0.1) is 0 Å². The molecule has 0 spiro atoms. The van der Waals surface area contributed by atoms with Crippen LogP contribution < -0.4 is 4.57 Å². The molecule has 4 nitrogen and oxygen atoms in total. The summed E-state index contributed by atoms with van der Waals surface area (Å²) in [6, 6.07) is 19.6. The van der Waals surface area contributed by atoms with Crippen LogP contribution in [0.1, 0.15) is 22.3 Å². The average molecular weight is 299 g/mol. The standard InChI is InChI=1S/C19H15N4/c20-11-16-3-1-5-18(9-16)13-22-7-8-23(15-22)14-19-6-2-4-17(10-19)12-21/h1-10,15H,13-14H2/q+1. The van der Waals surface area contributed by atoms with Crippen molar-refractivity contribution in [2.24, 2.45) is 0 Å². The zero-order chi connectivity index (χ0) is 16.1. The molecule has 0 unspecified atom stereocenters. The van der Waals surface area contributed by atoms with Crippen LogP contribution in [0.4, 0.5) is 0 Å². The van der Waals surface area contributed by atoms with Crippen molar-refractivity contribution in [2.75, 3.05) is 0 Å². The largest absolute Gasteiger partial charge is 0.244 e. The minimum absolute atomic E-state index is 0.677. The van der Waals surface area contributed by atoms with Gasteiger partial charge in [-0.3, -0.25) is 0 Å². The number of hydrogen-bond acceptors (Lipinski definition) is 2. The lowest BCUT2D eigenvalue weighted by molar-refractivity contribution is -0.687. The number of imidazole rings is 1. The lowest BCUT2D eigenvalue weighted by Gasteiger charge is -1.99. The van der Waals surface area contributed by atoms with E-state index >= 15 is 0 Å². The summed E-state index contributed by atoms with van der Waals surface area (Å²) in [5.74, 6) is 0. The van der Waals surface area contributed by atoms with E-state index < -0.39 is 0 Å². The maximum Gasteiger partial charge on any atom is 0.244 e. The van der Waals surface area contributed by atoms with Crippen molar-refractivity contribution in [1.29, 1.82) is 10.5 Å². The molecule has 0 radical (unpaired) electrons. The van der Waals surface area contributed by atoms with E-state index in [0.29, 0.717) is 11.1 Å². The molecule has 0 amide bonds. The molecule has 0 aliphatic carbocycles. The number of nitriles is 2. The van der Waals surface area contributed by atoms with Crippen LogP contribution in [0.25, 0.3) is 0 Å². The quantitative estimate of drug-likeness (QED) is 0.695. The highest BCUT2D eigenvalue weighted by Crippen LogP contribution is 2.07. The molecule has 3 aromatic rings. The van der Waals surface area contributed by atoms with Crippen molar-refractivity contribution < 1.29 is 4.57 Å². The summed E-state index contributed by atoms with van der Waals surface area (Å²) in [6.45, 7) is 1.45. The molecule has 1 heterocycles. The topological polar surface area (TPSA) is 56.4 Å². The van der Waals surface area contributed by atoms with Crippen LogP contribution in [0.2, 0.25) is 0 Å². The van der Waals surface area contributed by atoms with Gasteiger partial charge in [-0.25, -0.2) is 9.13 Å². The second-order valence-electron chi connectivity index (χ2n) is 5.38. The van der Waals surface area contributed by atoms with Crippen molar-refractivity contribution in [1.82, 2.24) is 4.57 Å². The normalized spacial score (nSPS) is 10.0. The van der Waals surface area contributed by atoms with Crippen molar-refractivity contribution in [3.8, 4) is 12.1 Å². The molecule has 0 N–H and O–H groups in total. The SMILES string of the molecule is N#Cc1cccc(Cn2cc[n+](Cc3cccc(C#N)c3)c2)c1. The molecule has 0 aliphatic heterocycles. The van der Waals surface area contributed by atoms with Crippen LogP contribution in [-0.4, -0.2) is 4.57 Å². The molecule has 0 saturated carbocycles. The molecule has 1 aromatic heterocycles. The summed E-state index contributed by atoms with van der Waals surface area (Å²) in [5.41, 5.74) is 3.54. The van der Waals surface area contributed by atoms with Crippen molar-refractivity contribution in [3.05, 3.63) is 89.5 Å². The van der Waals surface area contributed by atoms with Crippen molar-refractivity contribution in [2.45, 2.75) is 13.1 Å². The lowest BCUT2D eigenvalue weighted by atomic mass is 10.1. The van der Waals surface area contributed by atoms with E-state index in [-0.39, 0.29) is 0 Å². The number of benzene rings is 2. The van der Waals surface area contributed by atoms with Gasteiger partial charge in [-0.1, -0.05) is 24.3 Å². The zero-order valence-corrected chi connectivity index (χ0v) is 12.6. The van der Waals surface area contributed by atoms with E-state index in [9.17, 15) is 0 Å².